The SMILES string of the molecule is COC(C)CN1C(=O)C(C)NC(=O)C1(C)C. The van der Waals surface area contributed by atoms with E-state index in [1.807, 2.05) is 6.92 Å². The van der Waals surface area contributed by atoms with E-state index in [0.29, 0.717) is 6.54 Å². The molecule has 0 aromatic carbocycles. The summed E-state index contributed by atoms with van der Waals surface area (Å²) in [4.78, 5) is 25.4. The minimum Gasteiger partial charge on any atom is -0.380 e. The van der Waals surface area contributed by atoms with Crippen molar-refractivity contribution in [3.8, 4) is 0 Å². The van der Waals surface area contributed by atoms with Crippen LogP contribution in [0.2, 0.25) is 0 Å². The third-order valence-corrected chi connectivity index (χ3v) is 3.06. The average molecular weight is 228 g/mol. The lowest BCUT2D eigenvalue weighted by molar-refractivity contribution is -0.156. The van der Waals surface area contributed by atoms with Gasteiger partial charge in [-0.15, -0.1) is 0 Å². The Kier molecular flexibility index (Phi) is 3.57. The fraction of sp³-hybridized carbons (Fsp3) is 0.818. The number of piperazine rings is 1. The summed E-state index contributed by atoms with van der Waals surface area (Å²) < 4.78 is 5.14. The average Bonchev–Trinajstić information content (AvgIpc) is 2.22. The molecule has 2 atom stereocenters. The lowest BCUT2D eigenvalue weighted by Crippen LogP contribution is -2.68. The highest BCUT2D eigenvalue weighted by Crippen LogP contribution is 2.21. The molecule has 1 aliphatic heterocycles. The van der Waals surface area contributed by atoms with Crippen molar-refractivity contribution in [1.29, 1.82) is 0 Å². The van der Waals surface area contributed by atoms with Crippen molar-refractivity contribution in [3.63, 3.8) is 0 Å². The normalized spacial score (nSPS) is 26.6. The van der Waals surface area contributed by atoms with Crippen LogP contribution in [0.25, 0.3) is 0 Å². The lowest BCUT2D eigenvalue weighted by Gasteiger charge is -2.44. The second kappa shape index (κ2) is 4.41. The Labute approximate surface area is 96.1 Å². The quantitative estimate of drug-likeness (QED) is 0.748. The van der Waals surface area contributed by atoms with Crippen molar-refractivity contribution in [2.24, 2.45) is 0 Å². The molecule has 0 aromatic rings. The van der Waals surface area contributed by atoms with Gasteiger partial charge in [0, 0.05) is 13.7 Å². The maximum absolute atomic E-state index is 12.0. The van der Waals surface area contributed by atoms with Crippen LogP contribution in [0.15, 0.2) is 0 Å². The maximum Gasteiger partial charge on any atom is 0.246 e. The third kappa shape index (κ3) is 2.19. The predicted octanol–water partition coefficient (Wildman–Crippen LogP) is 0.147. The van der Waals surface area contributed by atoms with Gasteiger partial charge in [0.25, 0.3) is 0 Å². The molecular weight excluding hydrogens is 208 g/mol. The molecule has 2 unspecified atom stereocenters. The number of methoxy groups -OCH3 is 1. The maximum atomic E-state index is 12.0. The van der Waals surface area contributed by atoms with Gasteiger partial charge in [0.05, 0.1) is 6.10 Å². The lowest BCUT2D eigenvalue weighted by atomic mass is 9.95. The molecule has 1 saturated heterocycles. The molecule has 1 fully saturated rings. The number of hydrogen-bond donors (Lipinski definition) is 1. The van der Waals surface area contributed by atoms with Crippen molar-refractivity contribution in [1.82, 2.24) is 10.2 Å². The first-order chi connectivity index (χ1) is 7.30. The van der Waals surface area contributed by atoms with Gasteiger partial charge in [-0.1, -0.05) is 0 Å². The van der Waals surface area contributed by atoms with Gasteiger partial charge >= 0.3 is 0 Å². The fourth-order valence-corrected chi connectivity index (χ4v) is 1.72. The van der Waals surface area contributed by atoms with E-state index in [-0.39, 0.29) is 17.9 Å². The standard InChI is InChI=1S/C11H20N2O3/c1-7(16-5)6-13-9(14)8(2)12-10(15)11(13,3)4/h7-8H,6H2,1-5H3,(H,12,15). The monoisotopic (exact) mass is 228 g/mol. The van der Waals surface area contributed by atoms with E-state index in [0.717, 1.165) is 0 Å². The molecule has 0 aliphatic carbocycles. The minimum atomic E-state index is -0.809. The summed E-state index contributed by atoms with van der Waals surface area (Å²) in [5.41, 5.74) is -0.809. The summed E-state index contributed by atoms with van der Waals surface area (Å²) in [6, 6.07) is -0.454. The molecule has 1 N–H and O–H groups in total. The molecule has 1 aliphatic rings. The van der Waals surface area contributed by atoms with Gasteiger partial charge < -0.3 is 15.0 Å². The predicted molar refractivity (Wildman–Crippen MR) is 59.9 cm³/mol. The zero-order valence-electron chi connectivity index (χ0n) is 10.5. The Morgan fingerprint density at radius 2 is 2.06 bits per heavy atom. The van der Waals surface area contributed by atoms with Crippen LogP contribution in [0.5, 0.6) is 0 Å². The van der Waals surface area contributed by atoms with Crippen LogP contribution in [0.3, 0.4) is 0 Å². The Balaban J connectivity index is 2.91. The second-order valence-corrected chi connectivity index (χ2v) is 4.75. The van der Waals surface area contributed by atoms with Gasteiger partial charge in [-0.2, -0.15) is 0 Å². The van der Waals surface area contributed by atoms with Crippen LogP contribution in [0.4, 0.5) is 0 Å². The van der Waals surface area contributed by atoms with Crippen molar-refractivity contribution < 1.29 is 14.3 Å². The highest BCUT2D eigenvalue weighted by molar-refractivity contribution is 5.99. The van der Waals surface area contributed by atoms with Gasteiger partial charge in [0.1, 0.15) is 11.6 Å². The van der Waals surface area contributed by atoms with E-state index in [4.69, 9.17) is 4.74 Å². The van der Waals surface area contributed by atoms with Crippen molar-refractivity contribution in [2.45, 2.75) is 45.4 Å². The third-order valence-electron chi connectivity index (χ3n) is 3.06. The molecule has 0 bridgehead atoms. The summed E-state index contributed by atoms with van der Waals surface area (Å²) in [6.07, 6.45) is -0.0821. The van der Waals surface area contributed by atoms with Crippen LogP contribution in [0.1, 0.15) is 27.7 Å². The number of carbonyl (C=O) groups is 2. The van der Waals surface area contributed by atoms with E-state index in [2.05, 4.69) is 5.32 Å². The number of ether oxygens (including phenoxy) is 1. The van der Waals surface area contributed by atoms with E-state index in [9.17, 15) is 9.59 Å². The number of carbonyl (C=O) groups excluding carboxylic acids is 2. The first-order valence-corrected chi connectivity index (χ1v) is 5.46. The number of nitrogens with one attached hydrogen (secondary N) is 1. The summed E-state index contributed by atoms with van der Waals surface area (Å²) in [7, 11) is 1.59. The molecule has 5 nitrogen and oxygen atoms in total. The Morgan fingerprint density at radius 1 is 1.50 bits per heavy atom. The molecule has 0 spiro atoms. The summed E-state index contributed by atoms with van der Waals surface area (Å²) >= 11 is 0. The number of amides is 2. The van der Waals surface area contributed by atoms with Gasteiger partial charge in [-0.05, 0) is 27.7 Å². The molecule has 2 amide bonds. The molecule has 92 valence electrons. The molecule has 5 heteroatoms. The minimum absolute atomic E-state index is 0.0616. The van der Waals surface area contributed by atoms with Gasteiger partial charge in [0.15, 0.2) is 0 Å². The van der Waals surface area contributed by atoms with Crippen LogP contribution in [-0.4, -0.2) is 48.1 Å². The molecule has 0 radical (unpaired) electrons. The molecule has 0 aromatic heterocycles. The smallest absolute Gasteiger partial charge is 0.246 e. The van der Waals surface area contributed by atoms with E-state index in [1.54, 1.807) is 32.8 Å². The fourth-order valence-electron chi connectivity index (χ4n) is 1.72. The van der Waals surface area contributed by atoms with E-state index < -0.39 is 11.6 Å². The van der Waals surface area contributed by atoms with Crippen LogP contribution in [0, 0.1) is 0 Å². The van der Waals surface area contributed by atoms with Gasteiger partial charge in [0.2, 0.25) is 11.8 Å². The van der Waals surface area contributed by atoms with Gasteiger partial charge in [-0.25, -0.2) is 0 Å². The molecule has 1 rings (SSSR count). The van der Waals surface area contributed by atoms with E-state index in [1.165, 1.54) is 0 Å². The molecule has 16 heavy (non-hydrogen) atoms. The molecule has 1 heterocycles. The zero-order chi connectivity index (χ0) is 12.5. The van der Waals surface area contributed by atoms with Crippen molar-refractivity contribution >= 4 is 11.8 Å². The zero-order valence-corrected chi connectivity index (χ0v) is 10.5. The Bertz CT molecular complexity index is 302. The topological polar surface area (TPSA) is 58.6 Å². The second-order valence-electron chi connectivity index (χ2n) is 4.75. The van der Waals surface area contributed by atoms with Crippen LogP contribution in [-0.2, 0) is 14.3 Å². The van der Waals surface area contributed by atoms with E-state index >= 15 is 0 Å². The number of rotatable bonds is 3. The molecular formula is C11H20N2O3. The summed E-state index contributed by atoms with van der Waals surface area (Å²) in [5.74, 6) is -0.184. The van der Waals surface area contributed by atoms with Crippen LogP contribution >= 0.6 is 0 Å². The highest BCUT2D eigenvalue weighted by Gasteiger charge is 2.45. The first kappa shape index (κ1) is 13.0. The van der Waals surface area contributed by atoms with Crippen molar-refractivity contribution in [2.75, 3.05) is 13.7 Å². The summed E-state index contributed by atoms with van der Waals surface area (Å²) in [5, 5.41) is 2.67. The van der Waals surface area contributed by atoms with Crippen LogP contribution < -0.4 is 5.32 Å². The Morgan fingerprint density at radius 3 is 2.56 bits per heavy atom. The largest absolute Gasteiger partial charge is 0.380 e. The number of nitrogens with zero attached hydrogens (tertiary/aromatic N) is 1. The highest BCUT2D eigenvalue weighted by atomic mass is 16.5. The van der Waals surface area contributed by atoms with Gasteiger partial charge in [-0.3, -0.25) is 9.59 Å². The van der Waals surface area contributed by atoms with Crippen molar-refractivity contribution in [3.05, 3.63) is 0 Å². The number of hydrogen-bond acceptors (Lipinski definition) is 3. The summed E-state index contributed by atoms with van der Waals surface area (Å²) in [6.45, 7) is 7.49. The first-order valence-electron chi connectivity index (χ1n) is 5.46. The Hall–Kier alpha value is -1.10. The molecule has 0 saturated carbocycles.